The van der Waals surface area contributed by atoms with E-state index in [9.17, 15) is 0 Å². The molecule has 1 saturated heterocycles. The second kappa shape index (κ2) is 9.12. The molecule has 0 radical (unpaired) electrons. The lowest BCUT2D eigenvalue weighted by molar-refractivity contribution is 0.241. The van der Waals surface area contributed by atoms with Crippen molar-refractivity contribution in [1.29, 1.82) is 0 Å². The summed E-state index contributed by atoms with van der Waals surface area (Å²) >= 11 is 0. The van der Waals surface area contributed by atoms with Crippen LogP contribution in [0.25, 0.3) is 11.5 Å². The number of aromatic nitrogens is 3. The van der Waals surface area contributed by atoms with E-state index in [1.54, 1.807) is 0 Å². The van der Waals surface area contributed by atoms with E-state index in [2.05, 4.69) is 56.9 Å². The lowest BCUT2D eigenvalue weighted by atomic mass is 10.0. The number of nitrogens with zero attached hydrogens (tertiary/aromatic N) is 6. The first-order chi connectivity index (χ1) is 15.3. The molecule has 2 aromatic heterocycles. The van der Waals surface area contributed by atoms with Crippen LogP contribution in [0.3, 0.4) is 0 Å². The second-order valence-electron chi connectivity index (χ2n) is 8.38. The van der Waals surface area contributed by atoms with Crippen LogP contribution < -0.4 is 4.90 Å². The minimum absolute atomic E-state index is 0.754. The van der Waals surface area contributed by atoms with Gasteiger partial charge in [-0.2, -0.15) is 0 Å². The Morgan fingerprint density at radius 3 is 2.39 bits per heavy atom. The third-order valence-corrected chi connectivity index (χ3v) is 6.38. The van der Waals surface area contributed by atoms with Crippen LogP contribution in [0.2, 0.25) is 0 Å². The van der Waals surface area contributed by atoms with E-state index in [1.165, 1.54) is 16.8 Å². The summed E-state index contributed by atoms with van der Waals surface area (Å²) in [6.07, 6.45) is 2.77. The van der Waals surface area contributed by atoms with Gasteiger partial charge in [0.15, 0.2) is 5.82 Å². The molecule has 0 atom stereocenters. The standard InChI is InChI=1S/C25H30N6/c1-2-29-14-16-31(17-15-29)25-21-19-30(18-20-8-4-3-5-9-20)13-11-22(21)27-24(28-25)23-10-6-7-12-26-23/h3-10,12H,2,11,13-19H2,1H3. The molecule has 1 aromatic carbocycles. The number of pyridine rings is 1. The lowest BCUT2D eigenvalue weighted by Gasteiger charge is -2.38. The molecule has 2 aliphatic rings. The molecular weight excluding hydrogens is 384 g/mol. The van der Waals surface area contributed by atoms with Gasteiger partial charge in [-0.1, -0.05) is 43.3 Å². The number of piperazine rings is 1. The summed E-state index contributed by atoms with van der Waals surface area (Å²) < 4.78 is 0. The minimum Gasteiger partial charge on any atom is -0.354 e. The Bertz CT molecular complexity index is 999. The van der Waals surface area contributed by atoms with Gasteiger partial charge in [0.05, 0.1) is 5.69 Å². The summed E-state index contributed by atoms with van der Waals surface area (Å²) in [5.74, 6) is 1.86. The summed E-state index contributed by atoms with van der Waals surface area (Å²) in [4.78, 5) is 22.1. The fraction of sp³-hybridized carbons (Fsp3) is 0.400. The molecule has 5 rings (SSSR count). The van der Waals surface area contributed by atoms with E-state index in [1.807, 2.05) is 24.4 Å². The van der Waals surface area contributed by atoms with E-state index < -0.39 is 0 Å². The molecule has 0 saturated carbocycles. The maximum Gasteiger partial charge on any atom is 0.180 e. The molecule has 0 unspecified atom stereocenters. The van der Waals surface area contributed by atoms with E-state index in [-0.39, 0.29) is 0 Å². The number of benzene rings is 1. The van der Waals surface area contributed by atoms with E-state index in [4.69, 9.17) is 9.97 Å². The van der Waals surface area contributed by atoms with Crippen molar-refractivity contribution in [2.24, 2.45) is 0 Å². The maximum atomic E-state index is 5.08. The zero-order chi connectivity index (χ0) is 21.0. The van der Waals surface area contributed by atoms with E-state index in [0.717, 1.165) is 76.1 Å². The highest BCUT2D eigenvalue weighted by molar-refractivity contribution is 5.58. The number of likely N-dealkylation sites (N-methyl/N-ethyl adjacent to an activating group) is 1. The molecule has 6 heteroatoms. The van der Waals surface area contributed by atoms with Gasteiger partial charge in [0.25, 0.3) is 0 Å². The van der Waals surface area contributed by atoms with Crippen molar-refractivity contribution in [3.8, 4) is 11.5 Å². The molecule has 2 aliphatic heterocycles. The van der Waals surface area contributed by atoms with Crippen molar-refractivity contribution >= 4 is 5.82 Å². The van der Waals surface area contributed by atoms with Crippen molar-refractivity contribution < 1.29 is 0 Å². The smallest absolute Gasteiger partial charge is 0.180 e. The summed E-state index contributed by atoms with van der Waals surface area (Å²) in [5, 5.41) is 0. The lowest BCUT2D eigenvalue weighted by Crippen LogP contribution is -2.47. The molecule has 6 nitrogen and oxygen atoms in total. The van der Waals surface area contributed by atoms with Gasteiger partial charge >= 0.3 is 0 Å². The summed E-state index contributed by atoms with van der Waals surface area (Å²) in [6.45, 7) is 10.4. The van der Waals surface area contributed by atoms with E-state index in [0.29, 0.717) is 0 Å². The Balaban J connectivity index is 1.47. The SMILES string of the molecule is CCN1CCN(c2nc(-c3ccccn3)nc3c2CN(Cc2ccccc2)CC3)CC1. The van der Waals surface area contributed by atoms with Gasteiger partial charge in [-0.15, -0.1) is 0 Å². The zero-order valence-corrected chi connectivity index (χ0v) is 18.2. The normalized spacial score (nSPS) is 17.5. The largest absolute Gasteiger partial charge is 0.354 e. The van der Waals surface area contributed by atoms with Gasteiger partial charge in [0, 0.05) is 64.0 Å². The monoisotopic (exact) mass is 414 g/mol. The number of fused-ring (bicyclic) bond motifs is 1. The molecule has 31 heavy (non-hydrogen) atoms. The summed E-state index contributed by atoms with van der Waals surface area (Å²) in [7, 11) is 0. The Labute approximate surface area is 184 Å². The van der Waals surface area contributed by atoms with Crippen molar-refractivity contribution in [1.82, 2.24) is 24.8 Å². The fourth-order valence-corrected chi connectivity index (χ4v) is 4.58. The van der Waals surface area contributed by atoms with Crippen LogP contribution in [0.4, 0.5) is 5.82 Å². The predicted molar refractivity (Wildman–Crippen MR) is 124 cm³/mol. The van der Waals surface area contributed by atoms with Crippen LogP contribution in [0.1, 0.15) is 23.7 Å². The van der Waals surface area contributed by atoms with Gasteiger partial charge in [0.2, 0.25) is 0 Å². The van der Waals surface area contributed by atoms with Crippen molar-refractivity contribution in [2.75, 3.05) is 44.2 Å². The average Bonchev–Trinajstić information content (AvgIpc) is 2.85. The summed E-state index contributed by atoms with van der Waals surface area (Å²) in [6, 6.07) is 16.7. The number of anilines is 1. The van der Waals surface area contributed by atoms with Gasteiger partial charge in [-0.3, -0.25) is 9.88 Å². The minimum atomic E-state index is 0.754. The summed E-state index contributed by atoms with van der Waals surface area (Å²) in [5.41, 5.74) is 4.69. The van der Waals surface area contributed by atoms with Crippen molar-refractivity contribution in [2.45, 2.75) is 26.4 Å². The molecule has 4 heterocycles. The quantitative estimate of drug-likeness (QED) is 0.639. The zero-order valence-electron chi connectivity index (χ0n) is 18.2. The first-order valence-corrected chi connectivity index (χ1v) is 11.3. The highest BCUT2D eigenvalue weighted by atomic mass is 15.3. The Morgan fingerprint density at radius 2 is 1.65 bits per heavy atom. The number of hydrogen-bond donors (Lipinski definition) is 0. The van der Waals surface area contributed by atoms with Crippen LogP contribution in [-0.4, -0.2) is 64.0 Å². The highest BCUT2D eigenvalue weighted by Gasteiger charge is 2.27. The van der Waals surface area contributed by atoms with Crippen LogP contribution in [0.5, 0.6) is 0 Å². The Kier molecular flexibility index (Phi) is 5.91. The molecular formula is C25H30N6. The fourth-order valence-electron chi connectivity index (χ4n) is 4.58. The molecule has 1 fully saturated rings. The van der Waals surface area contributed by atoms with Crippen molar-refractivity contribution in [3.05, 3.63) is 71.5 Å². The molecule has 0 N–H and O–H groups in total. The first kappa shape index (κ1) is 20.1. The van der Waals surface area contributed by atoms with Crippen LogP contribution in [0, 0.1) is 0 Å². The molecule has 3 aromatic rings. The van der Waals surface area contributed by atoms with Gasteiger partial charge < -0.3 is 9.80 Å². The van der Waals surface area contributed by atoms with Gasteiger partial charge in [-0.05, 0) is 24.2 Å². The average molecular weight is 415 g/mol. The van der Waals surface area contributed by atoms with Crippen LogP contribution >= 0.6 is 0 Å². The molecule has 160 valence electrons. The number of rotatable bonds is 5. The van der Waals surface area contributed by atoms with Gasteiger partial charge in [0.1, 0.15) is 11.5 Å². The molecule has 0 spiro atoms. The highest BCUT2D eigenvalue weighted by Crippen LogP contribution is 2.30. The Hall–Kier alpha value is -2.83. The number of hydrogen-bond acceptors (Lipinski definition) is 6. The van der Waals surface area contributed by atoms with Crippen LogP contribution in [-0.2, 0) is 19.5 Å². The molecule has 0 bridgehead atoms. The maximum absolute atomic E-state index is 5.08. The van der Waals surface area contributed by atoms with Crippen molar-refractivity contribution in [3.63, 3.8) is 0 Å². The predicted octanol–water partition coefficient (Wildman–Crippen LogP) is 3.24. The molecule has 0 amide bonds. The Morgan fingerprint density at radius 1 is 0.839 bits per heavy atom. The second-order valence-corrected chi connectivity index (χ2v) is 8.38. The van der Waals surface area contributed by atoms with Gasteiger partial charge in [-0.25, -0.2) is 9.97 Å². The molecule has 0 aliphatic carbocycles. The third-order valence-electron chi connectivity index (χ3n) is 6.38. The first-order valence-electron chi connectivity index (χ1n) is 11.3. The topological polar surface area (TPSA) is 48.4 Å². The third kappa shape index (κ3) is 4.45. The van der Waals surface area contributed by atoms with E-state index >= 15 is 0 Å². The van der Waals surface area contributed by atoms with Crippen LogP contribution in [0.15, 0.2) is 54.7 Å².